The molecular formula is C23H25N3O4. The number of carbonyl (C=O) groups is 1. The van der Waals surface area contributed by atoms with Crippen LogP contribution < -0.4 is 9.47 Å². The molecule has 0 atom stereocenters. The van der Waals surface area contributed by atoms with Crippen LogP contribution in [-0.4, -0.2) is 61.1 Å². The summed E-state index contributed by atoms with van der Waals surface area (Å²) in [5, 5.41) is 0. The molecule has 1 aliphatic heterocycles. The van der Waals surface area contributed by atoms with Crippen molar-refractivity contribution in [1.82, 2.24) is 14.8 Å². The zero-order valence-corrected chi connectivity index (χ0v) is 17.2. The SMILES string of the molecule is COc1cc(OC)cc(C(=O)N2CCN(Cc3ncc(-c4ccccc4)o3)CC2)c1. The van der Waals surface area contributed by atoms with Crippen LogP contribution in [0.3, 0.4) is 0 Å². The molecule has 7 nitrogen and oxygen atoms in total. The fourth-order valence-corrected chi connectivity index (χ4v) is 3.53. The average Bonchev–Trinajstić information content (AvgIpc) is 3.27. The topological polar surface area (TPSA) is 68.0 Å². The first-order valence-corrected chi connectivity index (χ1v) is 9.91. The summed E-state index contributed by atoms with van der Waals surface area (Å²) >= 11 is 0. The van der Waals surface area contributed by atoms with E-state index in [4.69, 9.17) is 13.9 Å². The molecule has 1 amide bonds. The fraction of sp³-hybridized carbons (Fsp3) is 0.304. The minimum Gasteiger partial charge on any atom is -0.497 e. The number of methoxy groups -OCH3 is 2. The maximum absolute atomic E-state index is 12.9. The molecule has 4 rings (SSSR count). The van der Waals surface area contributed by atoms with Gasteiger partial charge in [-0.05, 0) is 12.1 Å². The molecule has 0 spiro atoms. The highest BCUT2D eigenvalue weighted by Crippen LogP contribution is 2.24. The summed E-state index contributed by atoms with van der Waals surface area (Å²) in [6, 6.07) is 15.2. The highest BCUT2D eigenvalue weighted by atomic mass is 16.5. The van der Waals surface area contributed by atoms with E-state index < -0.39 is 0 Å². The lowest BCUT2D eigenvalue weighted by atomic mass is 10.1. The molecule has 2 heterocycles. The van der Waals surface area contributed by atoms with Crippen molar-refractivity contribution >= 4 is 5.91 Å². The molecular weight excluding hydrogens is 382 g/mol. The standard InChI is InChI=1S/C23H25N3O4/c1-28-19-12-18(13-20(14-19)29-2)23(27)26-10-8-25(9-11-26)16-22-24-15-21(30-22)17-6-4-3-5-7-17/h3-7,12-15H,8-11,16H2,1-2H3. The van der Waals surface area contributed by atoms with Crippen LogP contribution in [0.2, 0.25) is 0 Å². The Balaban J connectivity index is 1.35. The minimum atomic E-state index is -0.0191. The zero-order chi connectivity index (χ0) is 20.9. The van der Waals surface area contributed by atoms with Crippen molar-refractivity contribution < 1.29 is 18.7 Å². The van der Waals surface area contributed by atoms with Gasteiger partial charge in [0.2, 0.25) is 5.89 Å². The van der Waals surface area contributed by atoms with Gasteiger partial charge in [-0.25, -0.2) is 4.98 Å². The Morgan fingerprint density at radius 2 is 1.67 bits per heavy atom. The lowest BCUT2D eigenvalue weighted by Gasteiger charge is -2.34. The molecule has 30 heavy (non-hydrogen) atoms. The monoisotopic (exact) mass is 407 g/mol. The number of piperazine rings is 1. The van der Waals surface area contributed by atoms with Crippen molar-refractivity contribution in [3.63, 3.8) is 0 Å². The number of oxazole rings is 1. The number of ether oxygens (including phenoxy) is 2. The highest BCUT2D eigenvalue weighted by molar-refractivity contribution is 5.95. The molecule has 7 heteroatoms. The van der Waals surface area contributed by atoms with Crippen LogP contribution in [0.1, 0.15) is 16.2 Å². The maximum Gasteiger partial charge on any atom is 0.254 e. The summed E-state index contributed by atoms with van der Waals surface area (Å²) in [6.07, 6.45) is 1.76. The third-order valence-corrected chi connectivity index (χ3v) is 5.23. The van der Waals surface area contributed by atoms with Crippen LogP contribution >= 0.6 is 0 Å². The summed E-state index contributed by atoms with van der Waals surface area (Å²) in [5.41, 5.74) is 1.58. The van der Waals surface area contributed by atoms with E-state index in [1.54, 1.807) is 38.6 Å². The number of benzene rings is 2. The molecule has 0 bridgehead atoms. The molecule has 2 aromatic carbocycles. The summed E-state index contributed by atoms with van der Waals surface area (Å²) in [6.45, 7) is 3.43. The lowest BCUT2D eigenvalue weighted by molar-refractivity contribution is 0.0617. The highest BCUT2D eigenvalue weighted by Gasteiger charge is 2.24. The van der Waals surface area contributed by atoms with Gasteiger partial charge in [-0.2, -0.15) is 0 Å². The number of hydrogen-bond acceptors (Lipinski definition) is 6. The van der Waals surface area contributed by atoms with E-state index in [-0.39, 0.29) is 5.91 Å². The molecule has 1 saturated heterocycles. The second-order valence-corrected chi connectivity index (χ2v) is 7.15. The van der Waals surface area contributed by atoms with Gasteiger partial charge in [0.15, 0.2) is 5.76 Å². The number of rotatable bonds is 6. The van der Waals surface area contributed by atoms with E-state index in [1.807, 2.05) is 35.2 Å². The number of nitrogens with zero attached hydrogens (tertiary/aromatic N) is 3. The van der Waals surface area contributed by atoms with Gasteiger partial charge in [-0.3, -0.25) is 9.69 Å². The van der Waals surface area contributed by atoms with Gasteiger partial charge >= 0.3 is 0 Å². The van der Waals surface area contributed by atoms with Gasteiger partial charge in [-0.1, -0.05) is 30.3 Å². The number of carbonyl (C=O) groups excluding carboxylic acids is 1. The van der Waals surface area contributed by atoms with Crippen molar-refractivity contribution in [2.75, 3.05) is 40.4 Å². The van der Waals surface area contributed by atoms with Gasteiger partial charge in [0, 0.05) is 43.4 Å². The Bertz CT molecular complexity index is 972. The Morgan fingerprint density at radius 3 is 2.30 bits per heavy atom. The third kappa shape index (κ3) is 4.46. The number of amides is 1. The molecule has 156 valence electrons. The van der Waals surface area contributed by atoms with E-state index in [2.05, 4.69) is 9.88 Å². The Hall–Kier alpha value is -3.32. The fourth-order valence-electron chi connectivity index (χ4n) is 3.53. The number of hydrogen-bond donors (Lipinski definition) is 0. The van der Waals surface area contributed by atoms with Crippen molar-refractivity contribution in [2.45, 2.75) is 6.54 Å². The van der Waals surface area contributed by atoms with Gasteiger partial charge in [0.05, 0.1) is 27.0 Å². The molecule has 1 aromatic heterocycles. The normalized spacial score (nSPS) is 14.5. The van der Waals surface area contributed by atoms with Crippen molar-refractivity contribution in [3.05, 3.63) is 66.2 Å². The minimum absolute atomic E-state index is 0.0191. The second kappa shape index (κ2) is 9.00. The van der Waals surface area contributed by atoms with Crippen molar-refractivity contribution in [2.24, 2.45) is 0 Å². The Morgan fingerprint density at radius 1 is 1.00 bits per heavy atom. The van der Waals surface area contributed by atoms with Gasteiger partial charge in [0.25, 0.3) is 5.91 Å². The van der Waals surface area contributed by atoms with Crippen LogP contribution in [0, 0.1) is 0 Å². The molecule has 0 aliphatic carbocycles. The molecule has 1 fully saturated rings. The van der Waals surface area contributed by atoms with E-state index in [1.165, 1.54) is 0 Å². The quantitative estimate of drug-likeness (QED) is 0.625. The molecule has 0 N–H and O–H groups in total. The van der Waals surface area contributed by atoms with Crippen LogP contribution in [0.5, 0.6) is 11.5 Å². The number of aromatic nitrogens is 1. The van der Waals surface area contributed by atoms with Crippen molar-refractivity contribution in [1.29, 1.82) is 0 Å². The van der Waals surface area contributed by atoms with E-state index >= 15 is 0 Å². The van der Waals surface area contributed by atoms with E-state index in [9.17, 15) is 4.79 Å². The first-order valence-electron chi connectivity index (χ1n) is 9.91. The van der Waals surface area contributed by atoms with Gasteiger partial charge < -0.3 is 18.8 Å². The molecule has 3 aromatic rings. The first-order chi connectivity index (χ1) is 14.7. The predicted molar refractivity (Wildman–Crippen MR) is 113 cm³/mol. The van der Waals surface area contributed by atoms with Gasteiger partial charge in [0.1, 0.15) is 11.5 Å². The summed E-state index contributed by atoms with van der Waals surface area (Å²) < 4.78 is 16.5. The molecule has 0 unspecified atom stereocenters. The molecule has 0 saturated carbocycles. The van der Waals surface area contributed by atoms with Crippen LogP contribution in [0.15, 0.2) is 59.1 Å². The lowest BCUT2D eigenvalue weighted by Crippen LogP contribution is -2.48. The largest absolute Gasteiger partial charge is 0.497 e. The molecule has 1 aliphatic rings. The smallest absolute Gasteiger partial charge is 0.254 e. The average molecular weight is 407 g/mol. The Labute approximate surface area is 175 Å². The van der Waals surface area contributed by atoms with Crippen LogP contribution in [0.4, 0.5) is 0 Å². The zero-order valence-electron chi connectivity index (χ0n) is 17.2. The van der Waals surface area contributed by atoms with Gasteiger partial charge in [-0.15, -0.1) is 0 Å². The summed E-state index contributed by atoms with van der Waals surface area (Å²) in [4.78, 5) is 21.4. The van der Waals surface area contributed by atoms with Crippen LogP contribution in [0.25, 0.3) is 11.3 Å². The van der Waals surface area contributed by atoms with Crippen LogP contribution in [-0.2, 0) is 6.54 Å². The third-order valence-electron chi connectivity index (χ3n) is 5.23. The second-order valence-electron chi connectivity index (χ2n) is 7.15. The van der Waals surface area contributed by atoms with E-state index in [0.29, 0.717) is 42.6 Å². The summed E-state index contributed by atoms with van der Waals surface area (Å²) in [5.74, 6) is 2.65. The summed E-state index contributed by atoms with van der Waals surface area (Å²) in [7, 11) is 3.15. The predicted octanol–water partition coefficient (Wildman–Crippen LogP) is 3.32. The van der Waals surface area contributed by atoms with Crippen molar-refractivity contribution in [3.8, 4) is 22.8 Å². The Kier molecular flexibility index (Phi) is 5.99. The molecule has 0 radical (unpaired) electrons. The van der Waals surface area contributed by atoms with E-state index in [0.717, 1.165) is 24.4 Å². The first kappa shape index (κ1) is 20.0. The maximum atomic E-state index is 12.9.